The van der Waals surface area contributed by atoms with Gasteiger partial charge in [0.2, 0.25) is 0 Å². The van der Waals surface area contributed by atoms with Crippen molar-refractivity contribution in [2.75, 3.05) is 0 Å². The summed E-state index contributed by atoms with van der Waals surface area (Å²) in [6.45, 7) is 1.50. The van der Waals surface area contributed by atoms with Gasteiger partial charge in [-0.1, -0.05) is 34.3 Å². The molecular weight excluding hydrogens is 461 g/mol. The van der Waals surface area contributed by atoms with Gasteiger partial charge in [0.1, 0.15) is 0 Å². The molecule has 0 fully saturated rings. The van der Waals surface area contributed by atoms with Crippen LogP contribution in [0.5, 0.6) is 0 Å². The van der Waals surface area contributed by atoms with Gasteiger partial charge in [-0.15, -0.1) is 0 Å². The van der Waals surface area contributed by atoms with Crippen LogP contribution >= 0.6 is 0 Å². The van der Waals surface area contributed by atoms with E-state index in [2.05, 4.69) is 0 Å². The molecule has 6 N–H and O–H groups in total. The minimum absolute atomic E-state index is 0. The third-order valence-electron chi connectivity index (χ3n) is 0. The van der Waals surface area contributed by atoms with Gasteiger partial charge in [-0.3, -0.25) is 0 Å². The fraction of sp³-hybridized carbons (Fsp3) is 0.400. The van der Waals surface area contributed by atoms with Crippen molar-refractivity contribution < 1.29 is 52.2 Å². The SMILES string of the molecule is C.C.O=[C-]O.O=[C-]O.O=[C-]O.[Ca+2].[Ca+2].[Mg+2].[OH-].[OH-].[OH-].[O]=[Ca].[O]=[Ca].[O]=[Mg]. The molecule has 118 valence electrons. The molecule has 0 atom stereocenters. The molecule has 0 radical (unpaired) electrons. The van der Waals surface area contributed by atoms with E-state index in [0.717, 1.165) is 0 Å². The molecule has 0 saturated heterocycles. The number of hydrogen-bond donors (Lipinski definition) is 3. The predicted molar refractivity (Wildman–Crippen MR) is 80.8 cm³/mol. The van der Waals surface area contributed by atoms with Crippen LogP contribution in [-0.4, -0.2) is 243 Å². The molecule has 0 amide bonds. The molecule has 0 rings (SSSR count). The summed E-state index contributed by atoms with van der Waals surface area (Å²) in [7, 11) is 0. The average Bonchev–Trinajstić information content (AvgIpc) is 2.29. The van der Waals surface area contributed by atoms with Crippen LogP contribution in [-0.2, 0) is 20.4 Å². The van der Waals surface area contributed by atoms with Crippen molar-refractivity contribution in [2.45, 2.75) is 14.9 Å². The topological polar surface area (TPSA) is 253 Å². The normalized spacial score (nSPS) is 2.35. The summed E-state index contributed by atoms with van der Waals surface area (Å²) in [6.07, 6.45) is 0. The van der Waals surface area contributed by atoms with Crippen molar-refractivity contribution in [2.24, 2.45) is 0 Å². The van der Waals surface area contributed by atoms with Gasteiger partial charge in [-0.25, -0.2) is 0 Å². The zero-order chi connectivity index (χ0) is 14.1. The van der Waals surface area contributed by atoms with Crippen LogP contribution in [0.15, 0.2) is 0 Å². The monoisotopic (exact) mass is 474 g/mol. The van der Waals surface area contributed by atoms with Crippen molar-refractivity contribution in [3.05, 3.63) is 0 Å². The van der Waals surface area contributed by atoms with Gasteiger partial charge in [0.05, 0.1) is 0 Å². The summed E-state index contributed by atoms with van der Waals surface area (Å²) in [6, 6.07) is 0. The molecule has 0 heterocycles. The Morgan fingerprint density at radius 3 is 0.609 bits per heavy atom. The van der Waals surface area contributed by atoms with Crippen LogP contribution in [0.25, 0.3) is 0 Å². The quantitative estimate of drug-likeness (QED) is 0.233. The molecule has 12 nitrogen and oxygen atoms in total. The summed E-state index contributed by atoms with van der Waals surface area (Å²) in [5.74, 6) is 0. The molecular formula is C5H14Ca4Mg2O12. The first kappa shape index (κ1) is 107. The Balaban J connectivity index is -0.00000000332. The van der Waals surface area contributed by atoms with Crippen molar-refractivity contribution in [1.29, 1.82) is 0 Å². The van der Waals surface area contributed by atoms with Gasteiger partial charge in [0, 0.05) is 0 Å². The van der Waals surface area contributed by atoms with E-state index in [1.807, 2.05) is 0 Å². The number of aliphatic hydroxyl groups excluding tert-OH is 3. The molecule has 0 aromatic carbocycles. The van der Waals surface area contributed by atoms with E-state index < -0.39 is 0 Å². The van der Waals surface area contributed by atoms with E-state index in [1.54, 1.807) is 0 Å². The van der Waals surface area contributed by atoms with Gasteiger partial charge in [-0.2, -0.15) is 0 Å². The van der Waals surface area contributed by atoms with Gasteiger partial charge >= 0.3 is 198 Å². The fourth-order valence-electron chi connectivity index (χ4n) is 0. The molecule has 0 bridgehead atoms. The van der Waals surface area contributed by atoms with Crippen LogP contribution < -0.4 is 0 Å². The Morgan fingerprint density at radius 1 is 0.609 bits per heavy atom. The Bertz CT molecular complexity index is 100. The van der Waals surface area contributed by atoms with Gasteiger partial charge in [0.15, 0.2) is 0 Å². The molecule has 0 aromatic rings. The summed E-state index contributed by atoms with van der Waals surface area (Å²) in [5.41, 5.74) is 0. The molecule has 0 aliphatic heterocycles. The zero-order valence-electron chi connectivity index (χ0n) is 10.9. The van der Waals surface area contributed by atoms with Crippen molar-refractivity contribution in [3.8, 4) is 0 Å². The van der Waals surface area contributed by atoms with Gasteiger partial charge < -0.3 is 46.1 Å². The second kappa shape index (κ2) is 318. The van der Waals surface area contributed by atoms with Crippen molar-refractivity contribution in [1.82, 2.24) is 0 Å². The van der Waals surface area contributed by atoms with Crippen LogP contribution in [0, 0.1) is 0 Å². The summed E-state index contributed by atoms with van der Waals surface area (Å²) in [4.78, 5) is 24.7. The van der Waals surface area contributed by atoms with E-state index in [-0.39, 0.29) is 202 Å². The first-order valence-electron chi connectivity index (χ1n) is 2.15. The van der Waals surface area contributed by atoms with Crippen molar-refractivity contribution in [3.63, 3.8) is 0 Å². The van der Waals surface area contributed by atoms with Crippen LogP contribution in [0.1, 0.15) is 14.9 Å². The number of rotatable bonds is 0. The zero-order valence-corrected chi connectivity index (χ0v) is 22.5. The maximum atomic E-state index is 8.38. The second-order valence-electron chi connectivity index (χ2n) is 0.274. The third-order valence-corrected chi connectivity index (χ3v) is 0. The van der Waals surface area contributed by atoms with E-state index in [0.29, 0.717) is 41.1 Å². The van der Waals surface area contributed by atoms with E-state index >= 15 is 0 Å². The molecule has 0 spiro atoms. The van der Waals surface area contributed by atoms with E-state index in [1.165, 1.54) is 0 Å². The van der Waals surface area contributed by atoms with Gasteiger partial charge in [0.25, 0.3) is 0 Å². The fourth-order valence-corrected chi connectivity index (χ4v) is 0. The van der Waals surface area contributed by atoms with Crippen LogP contribution in [0.3, 0.4) is 0 Å². The van der Waals surface area contributed by atoms with Crippen molar-refractivity contribution >= 4 is 211 Å². The molecule has 18 heteroatoms. The summed E-state index contributed by atoms with van der Waals surface area (Å²) in [5, 5.41) is 20.3. The third kappa shape index (κ3) is 851. The summed E-state index contributed by atoms with van der Waals surface area (Å²) >= 11 is 0.861. The summed E-state index contributed by atoms with van der Waals surface area (Å²) < 4.78 is 25.0. The Morgan fingerprint density at radius 2 is 0.609 bits per heavy atom. The Kier molecular flexibility index (Phi) is 1480. The van der Waals surface area contributed by atoms with Gasteiger partial charge in [-0.05, 0) is 0 Å². The maximum absolute atomic E-state index is 8.38. The first-order chi connectivity index (χ1) is 7.24. The molecule has 0 aromatic heterocycles. The Hall–Kier alpha value is 4.26. The molecule has 0 aliphatic carbocycles. The molecule has 23 heavy (non-hydrogen) atoms. The minimum atomic E-state index is 0. The first-order valence-corrected chi connectivity index (χ1v) is 4.53. The standard InChI is InChI=1S/3CHO2.2CH4.4Ca.2Mg.3H2O.3O/c3*2-1-3;;;;;;;;;;;;;;/h3*(H,2,3);2*1H4;;;;;;;3*1H2;;;/q3*-1;;;;;2*+2;;+2;;;;;;/p-3. The number of hydrogen-bond acceptors (Lipinski definition) is 9. The molecule has 0 aliphatic rings. The van der Waals surface area contributed by atoms with Crippen LogP contribution in [0.4, 0.5) is 0 Å². The second-order valence-corrected chi connectivity index (χ2v) is 0.274. The van der Waals surface area contributed by atoms with E-state index in [9.17, 15) is 0 Å². The average molecular weight is 475 g/mol. The molecule has 0 unspecified atom stereocenters. The predicted octanol–water partition coefficient (Wildman–Crippen LogP) is -3.06. The van der Waals surface area contributed by atoms with E-state index in [4.69, 9.17) is 35.7 Å². The molecule has 0 saturated carbocycles. The Labute approximate surface area is 272 Å². The van der Waals surface area contributed by atoms with Crippen LogP contribution in [0.2, 0.25) is 0 Å².